The minimum absolute atomic E-state index is 0.102. The summed E-state index contributed by atoms with van der Waals surface area (Å²) < 4.78 is 10.4. The SMILES string of the molecule is CCCCC/C=C\C=C\C(=O)CCCCCCCC(=O)O[C@@H](CO)COC(=O)CCCCCCCCC. The second-order valence-electron chi connectivity index (χ2n) is 9.87. The zero-order valence-corrected chi connectivity index (χ0v) is 23.7. The van der Waals surface area contributed by atoms with Crippen LogP contribution in [0, 0.1) is 0 Å². The van der Waals surface area contributed by atoms with Crippen LogP contribution in [0.25, 0.3) is 0 Å². The van der Waals surface area contributed by atoms with E-state index >= 15 is 0 Å². The lowest BCUT2D eigenvalue weighted by Gasteiger charge is -2.15. The number of aliphatic hydroxyl groups is 1. The molecule has 0 aliphatic carbocycles. The molecule has 0 saturated carbocycles. The van der Waals surface area contributed by atoms with E-state index in [2.05, 4.69) is 19.9 Å². The maximum Gasteiger partial charge on any atom is 0.306 e. The molecule has 0 aromatic carbocycles. The minimum atomic E-state index is -0.809. The first kappa shape index (κ1) is 35.0. The Labute approximate surface area is 226 Å². The number of aliphatic hydroxyl groups excluding tert-OH is 1. The molecule has 0 spiro atoms. The van der Waals surface area contributed by atoms with Gasteiger partial charge in [-0.2, -0.15) is 0 Å². The van der Waals surface area contributed by atoms with Gasteiger partial charge in [-0.15, -0.1) is 0 Å². The van der Waals surface area contributed by atoms with Crippen LogP contribution in [0.5, 0.6) is 0 Å². The van der Waals surface area contributed by atoms with Crippen LogP contribution in [-0.4, -0.2) is 42.1 Å². The lowest BCUT2D eigenvalue weighted by molar-refractivity contribution is -0.161. The molecule has 37 heavy (non-hydrogen) atoms. The summed E-state index contributed by atoms with van der Waals surface area (Å²) in [5.74, 6) is -0.541. The summed E-state index contributed by atoms with van der Waals surface area (Å²) in [6.45, 7) is 3.91. The van der Waals surface area contributed by atoms with Gasteiger partial charge in [0, 0.05) is 19.3 Å². The number of carbonyl (C=O) groups excluding carboxylic acids is 3. The number of esters is 2. The predicted octanol–water partition coefficient (Wildman–Crippen LogP) is 7.57. The lowest BCUT2D eigenvalue weighted by Crippen LogP contribution is -2.28. The number of ketones is 1. The summed E-state index contributed by atoms with van der Waals surface area (Å²) in [6, 6.07) is 0. The number of allylic oxidation sites excluding steroid dienone is 4. The first-order chi connectivity index (χ1) is 18.0. The smallest absolute Gasteiger partial charge is 0.306 e. The highest BCUT2D eigenvalue weighted by atomic mass is 16.6. The van der Waals surface area contributed by atoms with Crippen molar-refractivity contribution in [2.24, 2.45) is 0 Å². The summed E-state index contributed by atoms with van der Waals surface area (Å²) in [4.78, 5) is 35.7. The Kier molecular flexibility index (Phi) is 25.7. The van der Waals surface area contributed by atoms with E-state index < -0.39 is 6.10 Å². The predicted molar refractivity (Wildman–Crippen MR) is 150 cm³/mol. The highest BCUT2D eigenvalue weighted by molar-refractivity contribution is 5.89. The lowest BCUT2D eigenvalue weighted by atomic mass is 10.1. The van der Waals surface area contributed by atoms with Crippen LogP contribution in [0.1, 0.15) is 136 Å². The van der Waals surface area contributed by atoms with E-state index in [4.69, 9.17) is 9.47 Å². The van der Waals surface area contributed by atoms with Gasteiger partial charge in [-0.3, -0.25) is 14.4 Å². The molecule has 214 valence electrons. The molecule has 0 aliphatic rings. The van der Waals surface area contributed by atoms with Crippen LogP contribution >= 0.6 is 0 Å². The fourth-order valence-corrected chi connectivity index (χ4v) is 3.89. The van der Waals surface area contributed by atoms with Crippen molar-refractivity contribution in [2.75, 3.05) is 13.2 Å². The molecule has 0 aromatic rings. The Morgan fingerprint density at radius 1 is 0.676 bits per heavy atom. The minimum Gasteiger partial charge on any atom is -0.462 e. The Bertz CT molecular complexity index is 625. The van der Waals surface area contributed by atoms with Gasteiger partial charge in [-0.25, -0.2) is 0 Å². The number of carbonyl (C=O) groups is 3. The summed E-state index contributed by atoms with van der Waals surface area (Å²) >= 11 is 0. The van der Waals surface area contributed by atoms with E-state index in [0.29, 0.717) is 19.3 Å². The summed E-state index contributed by atoms with van der Waals surface area (Å²) in [5, 5.41) is 9.43. The van der Waals surface area contributed by atoms with E-state index in [1.165, 1.54) is 44.9 Å². The van der Waals surface area contributed by atoms with Crippen LogP contribution in [0.15, 0.2) is 24.3 Å². The van der Waals surface area contributed by atoms with Crippen LogP contribution in [0.3, 0.4) is 0 Å². The molecule has 0 heterocycles. The van der Waals surface area contributed by atoms with Crippen molar-refractivity contribution in [3.63, 3.8) is 0 Å². The summed E-state index contributed by atoms with van der Waals surface area (Å²) in [6.07, 6.45) is 24.9. The molecular formula is C31H54O6. The largest absolute Gasteiger partial charge is 0.462 e. The normalized spacial score (nSPS) is 12.3. The molecule has 6 nitrogen and oxygen atoms in total. The Morgan fingerprint density at radius 2 is 1.22 bits per heavy atom. The molecular weight excluding hydrogens is 468 g/mol. The highest BCUT2D eigenvalue weighted by Gasteiger charge is 2.16. The van der Waals surface area contributed by atoms with Gasteiger partial charge in [-0.1, -0.05) is 103 Å². The molecule has 0 aromatic heterocycles. The first-order valence-electron chi connectivity index (χ1n) is 14.8. The first-order valence-corrected chi connectivity index (χ1v) is 14.8. The molecule has 0 radical (unpaired) electrons. The molecule has 0 aliphatic heterocycles. The zero-order valence-electron chi connectivity index (χ0n) is 23.7. The average molecular weight is 523 g/mol. The number of rotatable bonds is 26. The molecule has 6 heteroatoms. The van der Waals surface area contributed by atoms with Crippen molar-refractivity contribution < 1.29 is 29.0 Å². The Hall–Kier alpha value is -1.95. The summed E-state index contributed by atoms with van der Waals surface area (Å²) in [5.41, 5.74) is 0. The number of hydrogen-bond acceptors (Lipinski definition) is 6. The van der Waals surface area contributed by atoms with Gasteiger partial charge in [0.2, 0.25) is 0 Å². The van der Waals surface area contributed by atoms with Crippen molar-refractivity contribution >= 4 is 17.7 Å². The monoisotopic (exact) mass is 522 g/mol. The third-order valence-electron chi connectivity index (χ3n) is 6.22. The number of unbranched alkanes of at least 4 members (excludes halogenated alkanes) is 13. The third-order valence-corrected chi connectivity index (χ3v) is 6.22. The molecule has 1 atom stereocenters. The van der Waals surface area contributed by atoms with Crippen molar-refractivity contribution in [3.05, 3.63) is 24.3 Å². The Morgan fingerprint density at radius 3 is 1.84 bits per heavy atom. The average Bonchev–Trinajstić information content (AvgIpc) is 2.89. The fourth-order valence-electron chi connectivity index (χ4n) is 3.89. The van der Waals surface area contributed by atoms with Gasteiger partial charge in [-0.05, 0) is 38.2 Å². The van der Waals surface area contributed by atoms with Gasteiger partial charge in [0.15, 0.2) is 11.9 Å². The van der Waals surface area contributed by atoms with E-state index in [1.807, 2.05) is 12.2 Å². The second-order valence-corrected chi connectivity index (χ2v) is 9.87. The van der Waals surface area contributed by atoms with Gasteiger partial charge < -0.3 is 14.6 Å². The van der Waals surface area contributed by atoms with Gasteiger partial charge in [0.1, 0.15) is 6.61 Å². The molecule has 0 amide bonds. The maximum absolute atomic E-state index is 12.0. The quantitative estimate of drug-likeness (QED) is 0.0545. The molecule has 0 bridgehead atoms. The third kappa shape index (κ3) is 25.5. The van der Waals surface area contributed by atoms with Crippen molar-refractivity contribution in [1.29, 1.82) is 0 Å². The highest BCUT2D eigenvalue weighted by Crippen LogP contribution is 2.11. The van der Waals surface area contributed by atoms with E-state index in [-0.39, 0.29) is 37.4 Å². The van der Waals surface area contributed by atoms with Crippen LogP contribution in [-0.2, 0) is 23.9 Å². The summed E-state index contributed by atoms with van der Waals surface area (Å²) in [7, 11) is 0. The zero-order chi connectivity index (χ0) is 27.4. The molecule has 1 N–H and O–H groups in total. The van der Waals surface area contributed by atoms with Crippen LogP contribution < -0.4 is 0 Å². The van der Waals surface area contributed by atoms with Crippen LogP contribution in [0.4, 0.5) is 0 Å². The van der Waals surface area contributed by atoms with Crippen molar-refractivity contribution in [1.82, 2.24) is 0 Å². The topological polar surface area (TPSA) is 89.9 Å². The van der Waals surface area contributed by atoms with Crippen LogP contribution in [0.2, 0.25) is 0 Å². The molecule has 0 fully saturated rings. The van der Waals surface area contributed by atoms with E-state index in [0.717, 1.165) is 51.4 Å². The molecule has 0 unspecified atom stereocenters. The van der Waals surface area contributed by atoms with E-state index in [1.54, 1.807) is 6.08 Å². The second kappa shape index (κ2) is 27.1. The van der Waals surface area contributed by atoms with Crippen molar-refractivity contribution in [3.8, 4) is 0 Å². The molecule has 0 rings (SSSR count). The van der Waals surface area contributed by atoms with Gasteiger partial charge >= 0.3 is 11.9 Å². The van der Waals surface area contributed by atoms with Gasteiger partial charge in [0.05, 0.1) is 6.61 Å². The van der Waals surface area contributed by atoms with Gasteiger partial charge in [0.25, 0.3) is 0 Å². The number of ether oxygens (including phenoxy) is 2. The number of hydrogen-bond donors (Lipinski definition) is 1. The fraction of sp³-hybridized carbons (Fsp3) is 0.774. The molecule has 0 saturated heterocycles. The maximum atomic E-state index is 12.0. The van der Waals surface area contributed by atoms with E-state index in [9.17, 15) is 19.5 Å². The Balaban J connectivity index is 3.73. The standard InChI is InChI=1S/C31H54O6/c1-3-5-7-9-11-14-18-22-28(33)23-19-15-13-17-21-25-31(35)37-29(26-32)27-36-30(34)24-20-16-12-10-8-6-4-2/h11,14,18,22,29,32H,3-10,12-13,15-17,19-21,23-27H2,1-2H3/b14-11-,22-18+/t29-/m0/s1. The van der Waals surface area contributed by atoms with Crippen molar-refractivity contribution in [2.45, 2.75) is 142 Å².